The first kappa shape index (κ1) is 17.7. The van der Waals surface area contributed by atoms with Crippen LogP contribution in [0.2, 0.25) is 0 Å². The number of ether oxygens (including phenoxy) is 1. The number of halogens is 1. The minimum absolute atomic E-state index is 0.0109. The maximum absolute atomic E-state index is 13.0. The van der Waals surface area contributed by atoms with Crippen LogP contribution in [0, 0.1) is 18.2 Å². The summed E-state index contributed by atoms with van der Waals surface area (Å²) >= 11 is 0. The van der Waals surface area contributed by atoms with Crippen molar-refractivity contribution in [1.29, 1.82) is 0 Å². The molecule has 2 amide bonds. The first-order valence-corrected chi connectivity index (χ1v) is 8.72. The van der Waals surface area contributed by atoms with Crippen molar-refractivity contribution < 1.29 is 13.9 Å². The molecule has 2 heterocycles. The summed E-state index contributed by atoms with van der Waals surface area (Å²) in [6.07, 6.45) is 7.81. The zero-order valence-electron chi connectivity index (χ0n) is 14.3. The Hall–Kier alpha value is -2.10. The van der Waals surface area contributed by atoms with Crippen LogP contribution in [0.4, 0.5) is 9.18 Å². The quantitative estimate of drug-likeness (QED) is 0.828. The third-order valence-electron chi connectivity index (χ3n) is 4.80. The summed E-state index contributed by atoms with van der Waals surface area (Å²) in [7, 11) is 0. The molecule has 25 heavy (non-hydrogen) atoms. The number of carbonyl (C=O) groups excluding carboxylic acids is 1. The summed E-state index contributed by atoms with van der Waals surface area (Å²) < 4.78 is 18.9. The van der Waals surface area contributed by atoms with Gasteiger partial charge in [-0.3, -0.25) is 4.90 Å². The average molecular weight is 345 g/mol. The summed E-state index contributed by atoms with van der Waals surface area (Å²) in [6.45, 7) is 3.72. The first-order chi connectivity index (χ1) is 12.2. The number of hydrogen-bond acceptors (Lipinski definition) is 3. The number of rotatable bonds is 5. The Morgan fingerprint density at radius 2 is 2.24 bits per heavy atom. The molecule has 3 rings (SSSR count). The molecule has 0 aromatic heterocycles. The molecule has 1 aromatic carbocycles. The van der Waals surface area contributed by atoms with Crippen molar-refractivity contribution >= 4 is 6.03 Å². The molecule has 0 aliphatic carbocycles. The molecule has 1 N–H and O–H groups in total. The van der Waals surface area contributed by atoms with Gasteiger partial charge in [-0.25, -0.2) is 9.18 Å². The monoisotopic (exact) mass is 345 g/mol. The molecule has 2 fully saturated rings. The smallest absolute Gasteiger partial charge is 0.318 e. The number of nitrogens with one attached hydrogen (secondary N) is 1. The molecule has 2 saturated heterocycles. The fourth-order valence-corrected chi connectivity index (χ4v) is 3.44. The van der Waals surface area contributed by atoms with E-state index in [4.69, 9.17) is 11.2 Å². The zero-order chi connectivity index (χ0) is 17.6. The molecule has 0 radical (unpaired) electrons. The highest BCUT2D eigenvalue weighted by molar-refractivity contribution is 5.74. The maximum Gasteiger partial charge on any atom is 0.318 e. The van der Waals surface area contributed by atoms with Crippen LogP contribution in [-0.2, 0) is 11.3 Å². The lowest BCUT2D eigenvalue weighted by molar-refractivity contribution is -0.0461. The predicted octanol–water partition coefficient (Wildman–Crippen LogP) is 1.83. The van der Waals surface area contributed by atoms with Crippen LogP contribution in [0.1, 0.15) is 18.4 Å². The first-order valence-electron chi connectivity index (χ1n) is 8.72. The van der Waals surface area contributed by atoms with E-state index >= 15 is 0 Å². The van der Waals surface area contributed by atoms with E-state index in [1.54, 1.807) is 12.1 Å². The van der Waals surface area contributed by atoms with Gasteiger partial charge in [-0.1, -0.05) is 18.1 Å². The van der Waals surface area contributed by atoms with Crippen molar-refractivity contribution in [3.63, 3.8) is 0 Å². The molecule has 2 unspecified atom stereocenters. The van der Waals surface area contributed by atoms with Crippen LogP contribution in [0.15, 0.2) is 24.3 Å². The number of terminal acetylenes is 1. The van der Waals surface area contributed by atoms with Gasteiger partial charge in [-0.05, 0) is 37.1 Å². The van der Waals surface area contributed by atoms with Crippen LogP contribution in [0.5, 0.6) is 0 Å². The number of morpholine rings is 1. The highest BCUT2D eigenvalue weighted by atomic mass is 19.1. The molecule has 1 aromatic rings. The second kappa shape index (κ2) is 8.32. The van der Waals surface area contributed by atoms with Crippen molar-refractivity contribution in [3.05, 3.63) is 35.6 Å². The highest BCUT2D eigenvalue weighted by Gasteiger charge is 2.32. The molecule has 6 heteroatoms. The summed E-state index contributed by atoms with van der Waals surface area (Å²) in [5.74, 6) is 2.20. The molecule has 5 nitrogen and oxygen atoms in total. The SMILES string of the molecule is C#CCN(Cc1ccc(F)cc1)C(=O)NCC1CN2CCCC2CO1. The Bertz CT molecular complexity index is 629. The van der Waals surface area contributed by atoms with Crippen LogP contribution in [0.3, 0.4) is 0 Å². The molecule has 0 spiro atoms. The van der Waals surface area contributed by atoms with Crippen LogP contribution in [0.25, 0.3) is 0 Å². The third-order valence-corrected chi connectivity index (χ3v) is 4.80. The van der Waals surface area contributed by atoms with Crippen molar-refractivity contribution in [2.75, 3.05) is 32.8 Å². The van der Waals surface area contributed by atoms with Crippen molar-refractivity contribution in [1.82, 2.24) is 15.1 Å². The standard InChI is InChI=1S/C19H24FN3O2/c1-2-9-23(12-15-5-7-16(20)8-6-15)19(24)21-11-18-13-22-10-3-4-17(22)14-25-18/h1,5-8,17-18H,3-4,9-14H2,(H,21,24). The second-order valence-electron chi connectivity index (χ2n) is 6.62. The molecular formula is C19H24FN3O2. The molecule has 2 aliphatic rings. The van der Waals surface area contributed by atoms with Gasteiger partial charge in [-0.2, -0.15) is 0 Å². The number of carbonyl (C=O) groups is 1. The zero-order valence-corrected chi connectivity index (χ0v) is 14.3. The molecule has 0 saturated carbocycles. The number of urea groups is 1. The molecule has 134 valence electrons. The van der Waals surface area contributed by atoms with Gasteiger partial charge >= 0.3 is 6.03 Å². The van der Waals surface area contributed by atoms with Gasteiger partial charge in [-0.15, -0.1) is 6.42 Å². The minimum atomic E-state index is -0.300. The topological polar surface area (TPSA) is 44.8 Å². The lowest BCUT2D eigenvalue weighted by Crippen LogP contribution is -2.51. The van der Waals surface area contributed by atoms with Crippen LogP contribution < -0.4 is 5.32 Å². The van der Waals surface area contributed by atoms with Crippen molar-refractivity contribution in [2.24, 2.45) is 0 Å². The van der Waals surface area contributed by atoms with Gasteiger partial charge in [0.2, 0.25) is 0 Å². The number of amides is 2. The second-order valence-corrected chi connectivity index (χ2v) is 6.62. The van der Waals surface area contributed by atoms with Crippen LogP contribution in [-0.4, -0.2) is 60.8 Å². The van der Waals surface area contributed by atoms with Gasteiger partial charge in [0, 0.05) is 25.7 Å². The molecule has 2 atom stereocenters. The molecule has 0 bridgehead atoms. The minimum Gasteiger partial charge on any atom is -0.373 e. The lowest BCUT2D eigenvalue weighted by Gasteiger charge is -2.35. The summed E-state index contributed by atoms with van der Waals surface area (Å²) in [5.41, 5.74) is 0.834. The largest absolute Gasteiger partial charge is 0.373 e. The Kier molecular flexibility index (Phi) is 5.90. The van der Waals surface area contributed by atoms with Gasteiger partial charge in [0.15, 0.2) is 0 Å². The number of hydrogen-bond donors (Lipinski definition) is 1. The summed E-state index contributed by atoms with van der Waals surface area (Å²) in [5, 5.41) is 2.91. The fraction of sp³-hybridized carbons (Fsp3) is 0.526. The van der Waals surface area contributed by atoms with E-state index in [1.807, 2.05) is 0 Å². The van der Waals surface area contributed by atoms with E-state index in [0.717, 1.165) is 25.3 Å². The Morgan fingerprint density at radius 1 is 1.44 bits per heavy atom. The Morgan fingerprint density at radius 3 is 3.00 bits per heavy atom. The number of fused-ring (bicyclic) bond motifs is 1. The van der Waals surface area contributed by atoms with E-state index in [2.05, 4.69) is 16.1 Å². The lowest BCUT2D eigenvalue weighted by atomic mass is 10.2. The Balaban J connectivity index is 1.50. The molecule has 2 aliphatic heterocycles. The number of benzene rings is 1. The maximum atomic E-state index is 13.0. The predicted molar refractivity (Wildman–Crippen MR) is 93.4 cm³/mol. The normalized spacial score (nSPS) is 22.9. The van der Waals surface area contributed by atoms with E-state index in [9.17, 15) is 9.18 Å². The van der Waals surface area contributed by atoms with Gasteiger partial charge in [0.25, 0.3) is 0 Å². The van der Waals surface area contributed by atoms with Crippen LogP contribution >= 0.6 is 0 Å². The summed E-state index contributed by atoms with van der Waals surface area (Å²) in [4.78, 5) is 16.4. The average Bonchev–Trinajstić information content (AvgIpc) is 3.09. The third kappa shape index (κ3) is 4.71. The van der Waals surface area contributed by atoms with Gasteiger partial charge in [0.1, 0.15) is 5.82 Å². The van der Waals surface area contributed by atoms with E-state index in [0.29, 0.717) is 19.1 Å². The van der Waals surface area contributed by atoms with Gasteiger partial charge in [0.05, 0.1) is 19.3 Å². The highest BCUT2D eigenvalue weighted by Crippen LogP contribution is 2.22. The Labute approximate surface area is 148 Å². The van der Waals surface area contributed by atoms with E-state index in [-0.39, 0.29) is 24.5 Å². The van der Waals surface area contributed by atoms with Crippen molar-refractivity contribution in [3.8, 4) is 12.3 Å². The number of nitrogens with zero attached hydrogens (tertiary/aromatic N) is 2. The van der Waals surface area contributed by atoms with Crippen molar-refractivity contribution in [2.45, 2.75) is 31.5 Å². The summed E-state index contributed by atoms with van der Waals surface area (Å²) in [6, 6.07) is 6.39. The van der Waals surface area contributed by atoms with E-state index in [1.165, 1.54) is 29.9 Å². The fourth-order valence-electron chi connectivity index (χ4n) is 3.44. The molecular weight excluding hydrogens is 321 g/mol. The van der Waals surface area contributed by atoms with Gasteiger partial charge < -0.3 is 15.0 Å². The van der Waals surface area contributed by atoms with E-state index < -0.39 is 0 Å².